The summed E-state index contributed by atoms with van der Waals surface area (Å²) in [4.78, 5) is 17.0. The van der Waals surface area contributed by atoms with Crippen molar-refractivity contribution in [1.29, 1.82) is 0 Å². The number of alkyl halides is 3. The van der Waals surface area contributed by atoms with Gasteiger partial charge in [-0.05, 0) is 0 Å². The molecule has 0 unspecified atom stereocenters. The molecule has 3 nitrogen and oxygen atoms in total. The molecule has 0 aromatic carbocycles. The molecule has 0 aliphatic carbocycles. The summed E-state index contributed by atoms with van der Waals surface area (Å²) in [5.41, 5.74) is 0. The zero-order chi connectivity index (χ0) is 10.9. The van der Waals surface area contributed by atoms with Crippen LogP contribution in [-0.4, -0.2) is 21.1 Å². The molecule has 0 aliphatic rings. The number of allylic oxidation sites excluding steroid dienone is 2. The van der Waals surface area contributed by atoms with Crippen molar-refractivity contribution in [1.82, 2.24) is 0 Å². The Kier molecular flexibility index (Phi) is 3.14. The van der Waals surface area contributed by atoms with Crippen molar-refractivity contribution in [2.45, 2.75) is 11.3 Å². The van der Waals surface area contributed by atoms with Crippen molar-refractivity contribution < 1.29 is 27.5 Å². The average Bonchev–Trinajstić information content (AvgIpc) is 1.84. The Bertz CT molecular complexity index is 257. The van der Waals surface area contributed by atoms with Crippen LogP contribution in [0.2, 0.25) is 0 Å². The van der Waals surface area contributed by atoms with Crippen molar-refractivity contribution in [3.05, 3.63) is 25.3 Å². The van der Waals surface area contributed by atoms with Crippen molar-refractivity contribution in [3.8, 4) is 0 Å². The molecule has 0 atom stereocenters. The van der Waals surface area contributed by atoms with E-state index in [-0.39, 0.29) is 12.2 Å². The molecule has 0 heterocycles. The minimum Gasteiger partial charge on any atom is -0.323 e. The lowest BCUT2D eigenvalue weighted by Gasteiger charge is -2.29. The normalized spacial score (nSPS) is 13.9. The smallest absolute Gasteiger partial charge is 0.323 e. The van der Waals surface area contributed by atoms with Gasteiger partial charge in [0.15, 0.2) is 0 Å². The van der Waals surface area contributed by atoms with Crippen LogP contribution in [-0.2, 0) is 4.57 Å². The van der Waals surface area contributed by atoms with Gasteiger partial charge in [-0.25, -0.2) is 0 Å². The van der Waals surface area contributed by atoms with E-state index < -0.39 is 18.9 Å². The Morgan fingerprint density at radius 1 is 1.15 bits per heavy atom. The van der Waals surface area contributed by atoms with Gasteiger partial charge in [-0.15, -0.1) is 13.2 Å². The second-order valence-corrected chi connectivity index (χ2v) is 4.10. The zero-order valence-electron chi connectivity index (χ0n) is 6.45. The summed E-state index contributed by atoms with van der Waals surface area (Å²) >= 11 is 0. The topological polar surface area (TPSA) is 57.5 Å². The van der Waals surface area contributed by atoms with Gasteiger partial charge in [-0.1, -0.05) is 12.2 Å². The third-order valence-electron chi connectivity index (χ3n) is 1.56. The lowest BCUT2D eigenvalue weighted by atomic mass is 10.1. The zero-order valence-corrected chi connectivity index (χ0v) is 7.35. The van der Waals surface area contributed by atoms with E-state index in [2.05, 4.69) is 13.2 Å². The van der Waals surface area contributed by atoms with Crippen LogP contribution in [0.1, 0.15) is 0 Å². The molecule has 0 saturated heterocycles. The highest BCUT2D eigenvalue weighted by molar-refractivity contribution is 7.54. The summed E-state index contributed by atoms with van der Waals surface area (Å²) in [7, 11) is -5.39. The molecule has 0 aliphatic heterocycles. The standard InChI is InChI=1S/C6H8F3O3P/c1-3-5(4-2,6(7,8)9)13(10,11)12/h3-4H,1-2H2,(H2,10,11,12). The molecule has 0 aromatic heterocycles. The Labute approximate surface area is 72.7 Å². The van der Waals surface area contributed by atoms with E-state index in [1.165, 1.54) is 0 Å². The number of halogens is 3. The highest BCUT2D eigenvalue weighted by Gasteiger charge is 2.62. The van der Waals surface area contributed by atoms with Gasteiger partial charge in [0.2, 0.25) is 5.16 Å². The van der Waals surface area contributed by atoms with Crippen LogP contribution in [0.5, 0.6) is 0 Å². The Hall–Kier alpha value is -0.580. The second kappa shape index (κ2) is 3.29. The molecule has 0 bridgehead atoms. The van der Waals surface area contributed by atoms with Crippen molar-refractivity contribution >= 4 is 7.60 Å². The summed E-state index contributed by atoms with van der Waals surface area (Å²) < 4.78 is 47.3. The maximum atomic E-state index is 12.2. The van der Waals surface area contributed by atoms with Crippen LogP contribution < -0.4 is 0 Å². The fourth-order valence-corrected chi connectivity index (χ4v) is 1.52. The van der Waals surface area contributed by atoms with Gasteiger partial charge in [0.25, 0.3) is 0 Å². The molecule has 0 aromatic rings. The van der Waals surface area contributed by atoms with Gasteiger partial charge < -0.3 is 9.79 Å². The Balaban J connectivity index is 5.58. The third-order valence-corrected chi connectivity index (χ3v) is 3.14. The summed E-state index contributed by atoms with van der Waals surface area (Å²) in [5, 5.41) is -3.35. The molecule has 0 fully saturated rings. The third kappa shape index (κ3) is 1.85. The predicted octanol–water partition coefficient (Wildman–Crippen LogP) is 1.84. The lowest BCUT2D eigenvalue weighted by molar-refractivity contribution is -0.143. The number of hydrogen-bond acceptors (Lipinski definition) is 1. The fourth-order valence-electron chi connectivity index (χ4n) is 0.718. The Morgan fingerprint density at radius 3 is 1.46 bits per heavy atom. The summed E-state index contributed by atoms with van der Waals surface area (Å²) in [6.45, 7) is 5.51. The molecule has 0 rings (SSSR count). The first kappa shape index (κ1) is 12.4. The fraction of sp³-hybridized carbons (Fsp3) is 0.333. The molecule has 0 radical (unpaired) electrons. The van der Waals surface area contributed by atoms with E-state index >= 15 is 0 Å². The first-order chi connectivity index (χ1) is 5.62. The van der Waals surface area contributed by atoms with E-state index in [0.29, 0.717) is 0 Å². The van der Waals surface area contributed by atoms with Crippen LogP contribution in [0, 0.1) is 0 Å². The SMILES string of the molecule is C=CC(C=C)(C(F)(F)F)P(=O)(O)O. The molecule has 0 amide bonds. The average molecular weight is 216 g/mol. The van der Waals surface area contributed by atoms with Crippen molar-refractivity contribution in [2.75, 3.05) is 0 Å². The van der Waals surface area contributed by atoms with Gasteiger partial charge in [0, 0.05) is 0 Å². The highest BCUT2D eigenvalue weighted by atomic mass is 31.2. The van der Waals surface area contributed by atoms with Gasteiger partial charge in [-0.3, -0.25) is 4.57 Å². The van der Waals surface area contributed by atoms with Crippen LogP contribution in [0.4, 0.5) is 13.2 Å². The minimum absolute atomic E-state index is 0.154. The summed E-state index contributed by atoms with van der Waals surface area (Å²) in [5.74, 6) is 0. The maximum absolute atomic E-state index is 12.2. The van der Waals surface area contributed by atoms with E-state index in [1.54, 1.807) is 0 Å². The van der Waals surface area contributed by atoms with Crippen LogP contribution in [0.25, 0.3) is 0 Å². The van der Waals surface area contributed by atoms with E-state index in [9.17, 15) is 17.7 Å². The monoisotopic (exact) mass is 216 g/mol. The number of hydrogen-bond donors (Lipinski definition) is 2. The van der Waals surface area contributed by atoms with E-state index in [0.717, 1.165) is 0 Å². The maximum Gasteiger partial charge on any atom is 0.412 e. The summed E-state index contributed by atoms with van der Waals surface area (Å²) in [6, 6.07) is 0. The minimum atomic E-state index is -5.39. The molecular weight excluding hydrogens is 208 g/mol. The van der Waals surface area contributed by atoms with E-state index in [4.69, 9.17) is 9.79 Å². The molecule has 76 valence electrons. The first-order valence-electron chi connectivity index (χ1n) is 3.02. The van der Waals surface area contributed by atoms with Crippen molar-refractivity contribution in [3.63, 3.8) is 0 Å². The van der Waals surface area contributed by atoms with Crippen LogP contribution in [0.15, 0.2) is 25.3 Å². The lowest BCUT2D eigenvalue weighted by Crippen LogP contribution is -2.40. The molecule has 13 heavy (non-hydrogen) atoms. The van der Waals surface area contributed by atoms with Gasteiger partial charge in [-0.2, -0.15) is 13.2 Å². The highest BCUT2D eigenvalue weighted by Crippen LogP contribution is 2.59. The molecule has 0 saturated carbocycles. The number of rotatable bonds is 3. The summed E-state index contributed by atoms with van der Waals surface area (Å²) in [6.07, 6.45) is -4.79. The Morgan fingerprint density at radius 2 is 1.46 bits per heavy atom. The molecule has 2 N–H and O–H groups in total. The van der Waals surface area contributed by atoms with Crippen LogP contribution >= 0.6 is 7.60 Å². The van der Waals surface area contributed by atoms with Gasteiger partial charge in [0.05, 0.1) is 0 Å². The largest absolute Gasteiger partial charge is 0.412 e. The first-order valence-corrected chi connectivity index (χ1v) is 4.63. The van der Waals surface area contributed by atoms with E-state index in [1.807, 2.05) is 0 Å². The second-order valence-electron chi connectivity index (χ2n) is 2.28. The van der Waals surface area contributed by atoms with Crippen molar-refractivity contribution in [2.24, 2.45) is 0 Å². The molecular formula is C6H8F3O3P. The molecule has 7 heteroatoms. The van der Waals surface area contributed by atoms with Gasteiger partial charge in [0.1, 0.15) is 0 Å². The molecule has 0 spiro atoms. The predicted molar refractivity (Wildman–Crippen MR) is 41.2 cm³/mol. The van der Waals surface area contributed by atoms with Gasteiger partial charge >= 0.3 is 13.8 Å². The quantitative estimate of drug-likeness (QED) is 0.559. The van der Waals surface area contributed by atoms with Crippen LogP contribution in [0.3, 0.4) is 0 Å².